The average Bonchev–Trinajstić information content (AvgIpc) is 2.93. The fourth-order valence-corrected chi connectivity index (χ4v) is 4.36. The predicted octanol–water partition coefficient (Wildman–Crippen LogP) is 7.14. The Labute approximate surface area is 209 Å². The van der Waals surface area contributed by atoms with E-state index in [-0.39, 0.29) is 0 Å². The second-order valence-electron chi connectivity index (χ2n) is 8.67. The number of hydrogen-bond acceptors (Lipinski definition) is 4. The maximum Gasteiger partial charge on any atom is 0.150 e. The first-order chi connectivity index (χ1) is 17.6. The summed E-state index contributed by atoms with van der Waals surface area (Å²) in [6.07, 6.45) is 1.69. The van der Waals surface area contributed by atoms with Crippen LogP contribution in [0.3, 0.4) is 0 Å². The standard InChI is InChI=1S/C32H24N2O2/c33-27-13-9-25(10-14-27)31-18-30(24-7-3-22(20-36)4-8-24)32(26-11-15-28(34)16-12-26)17-29(31)23-5-1-21(19-35)2-6-23/h1-20H,33-34H2. The quantitative estimate of drug-likeness (QED) is 0.205. The Morgan fingerprint density at radius 2 is 0.639 bits per heavy atom. The number of carbonyl (C=O) groups excluding carboxylic acids is 2. The fourth-order valence-electron chi connectivity index (χ4n) is 4.36. The molecule has 0 amide bonds. The minimum absolute atomic E-state index is 0.624. The van der Waals surface area contributed by atoms with Gasteiger partial charge in [0.25, 0.3) is 0 Å². The van der Waals surface area contributed by atoms with E-state index in [0.717, 1.165) is 57.1 Å². The van der Waals surface area contributed by atoms with E-state index in [4.69, 9.17) is 11.5 Å². The summed E-state index contributed by atoms with van der Waals surface area (Å²) in [4.78, 5) is 22.5. The first-order valence-corrected chi connectivity index (χ1v) is 11.6. The van der Waals surface area contributed by atoms with E-state index >= 15 is 0 Å². The van der Waals surface area contributed by atoms with E-state index < -0.39 is 0 Å². The van der Waals surface area contributed by atoms with Gasteiger partial charge >= 0.3 is 0 Å². The molecule has 0 aliphatic carbocycles. The van der Waals surface area contributed by atoms with Gasteiger partial charge in [-0.2, -0.15) is 0 Å². The topological polar surface area (TPSA) is 86.2 Å². The van der Waals surface area contributed by atoms with Crippen molar-refractivity contribution in [3.05, 3.63) is 120 Å². The lowest BCUT2D eigenvalue weighted by Gasteiger charge is -2.19. The van der Waals surface area contributed by atoms with Crippen molar-refractivity contribution in [2.24, 2.45) is 0 Å². The van der Waals surface area contributed by atoms with Crippen molar-refractivity contribution >= 4 is 23.9 Å². The smallest absolute Gasteiger partial charge is 0.150 e. The molecule has 0 saturated heterocycles. The Hall–Kier alpha value is -4.96. The second-order valence-corrected chi connectivity index (χ2v) is 8.67. The number of carbonyl (C=O) groups is 2. The molecule has 0 atom stereocenters. The molecular weight excluding hydrogens is 444 g/mol. The Kier molecular flexibility index (Phi) is 6.16. The molecule has 0 radical (unpaired) electrons. The largest absolute Gasteiger partial charge is 0.399 e. The van der Waals surface area contributed by atoms with Crippen molar-refractivity contribution in [2.75, 3.05) is 11.5 Å². The van der Waals surface area contributed by atoms with Crippen molar-refractivity contribution in [1.82, 2.24) is 0 Å². The van der Waals surface area contributed by atoms with Crippen LogP contribution in [0, 0.1) is 0 Å². The summed E-state index contributed by atoms with van der Waals surface area (Å²) in [6, 6.07) is 35.1. The zero-order chi connectivity index (χ0) is 25.1. The minimum atomic E-state index is 0.624. The van der Waals surface area contributed by atoms with Crippen molar-refractivity contribution in [3.8, 4) is 44.5 Å². The second kappa shape index (κ2) is 9.72. The molecule has 4 N–H and O–H groups in total. The Morgan fingerprint density at radius 3 is 0.889 bits per heavy atom. The first-order valence-electron chi connectivity index (χ1n) is 11.6. The van der Waals surface area contributed by atoms with E-state index in [1.165, 1.54) is 0 Å². The molecular formula is C32H24N2O2. The van der Waals surface area contributed by atoms with E-state index in [0.29, 0.717) is 22.5 Å². The summed E-state index contributed by atoms with van der Waals surface area (Å²) in [5, 5.41) is 0. The number of aldehydes is 2. The monoisotopic (exact) mass is 468 g/mol. The van der Waals surface area contributed by atoms with Crippen LogP contribution in [0.4, 0.5) is 11.4 Å². The van der Waals surface area contributed by atoms with Crippen LogP contribution in [0.25, 0.3) is 44.5 Å². The highest BCUT2D eigenvalue weighted by Gasteiger charge is 2.16. The summed E-state index contributed by atoms with van der Waals surface area (Å²) < 4.78 is 0. The highest BCUT2D eigenvalue weighted by molar-refractivity contribution is 5.96. The van der Waals surface area contributed by atoms with Crippen LogP contribution < -0.4 is 11.5 Å². The average molecular weight is 469 g/mol. The number of nitrogen functional groups attached to an aromatic ring is 2. The summed E-state index contributed by atoms with van der Waals surface area (Å²) in [6.45, 7) is 0. The number of anilines is 2. The van der Waals surface area contributed by atoms with Gasteiger partial charge in [-0.15, -0.1) is 0 Å². The molecule has 174 valence electrons. The van der Waals surface area contributed by atoms with Crippen molar-refractivity contribution in [3.63, 3.8) is 0 Å². The van der Waals surface area contributed by atoms with Gasteiger partial charge in [0.05, 0.1) is 0 Å². The third-order valence-electron chi connectivity index (χ3n) is 6.32. The number of nitrogens with two attached hydrogens (primary N) is 2. The zero-order valence-electron chi connectivity index (χ0n) is 19.5. The Balaban J connectivity index is 1.81. The van der Waals surface area contributed by atoms with E-state index in [2.05, 4.69) is 12.1 Å². The summed E-state index contributed by atoms with van der Waals surface area (Å²) in [5.41, 5.74) is 22.7. The van der Waals surface area contributed by atoms with Gasteiger partial charge in [0.2, 0.25) is 0 Å². The third-order valence-corrected chi connectivity index (χ3v) is 6.32. The predicted molar refractivity (Wildman–Crippen MR) is 148 cm³/mol. The molecule has 5 aromatic carbocycles. The number of rotatable bonds is 6. The van der Waals surface area contributed by atoms with Gasteiger partial charge in [-0.3, -0.25) is 9.59 Å². The molecule has 4 heteroatoms. The Morgan fingerprint density at radius 1 is 0.389 bits per heavy atom. The maximum atomic E-state index is 11.2. The molecule has 0 fully saturated rings. The highest BCUT2D eigenvalue weighted by Crippen LogP contribution is 2.42. The van der Waals surface area contributed by atoms with Gasteiger partial charge in [0.15, 0.2) is 0 Å². The molecule has 0 heterocycles. The van der Waals surface area contributed by atoms with Crippen molar-refractivity contribution < 1.29 is 9.59 Å². The normalized spacial score (nSPS) is 10.7. The van der Waals surface area contributed by atoms with E-state index in [9.17, 15) is 9.59 Å². The Bertz CT molecular complexity index is 1410. The molecule has 0 bridgehead atoms. The van der Waals surface area contributed by atoms with E-state index in [1.54, 1.807) is 0 Å². The molecule has 0 spiro atoms. The number of benzene rings is 5. The summed E-state index contributed by atoms with van der Waals surface area (Å²) >= 11 is 0. The van der Waals surface area contributed by atoms with E-state index in [1.807, 2.05) is 97.1 Å². The molecule has 0 unspecified atom stereocenters. The lowest BCUT2D eigenvalue weighted by molar-refractivity contribution is 0.111. The van der Waals surface area contributed by atoms with Crippen LogP contribution in [0.5, 0.6) is 0 Å². The lowest BCUT2D eigenvalue weighted by atomic mass is 9.85. The SMILES string of the molecule is Nc1ccc(-c2cc(-c3ccc(C=O)cc3)c(-c3ccc(N)cc3)cc2-c2ccc(C=O)cc2)cc1. The van der Waals surface area contributed by atoms with Crippen LogP contribution >= 0.6 is 0 Å². The highest BCUT2D eigenvalue weighted by atomic mass is 16.1. The molecule has 0 aromatic heterocycles. The fraction of sp³-hybridized carbons (Fsp3) is 0. The molecule has 0 aliphatic heterocycles. The van der Waals surface area contributed by atoms with Crippen LogP contribution in [-0.4, -0.2) is 12.6 Å². The van der Waals surface area contributed by atoms with Crippen LogP contribution in [-0.2, 0) is 0 Å². The third kappa shape index (κ3) is 4.52. The molecule has 5 aromatic rings. The van der Waals surface area contributed by atoms with Gasteiger partial charge in [-0.25, -0.2) is 0 Å². The van der Waals surface area contributed by atoms with Gasteiger partial charge in [0.1, 0.15) is 12.6 Å². The summed E-state index contributed by atoms with van der Waals surface area (Å²) in [7, 11) is 0. The number of hydrogen-bond donors (Lipinski definition) is 2. The maximum absolute atomic E-state index is 11.2. The van der Waals surface area contributed by atoms with Crippen LogP contribution in [0.2, 0.25) is 0 Å². The van der Waals surface area contributed by atoms with Crippen LogP contribution in [0.15, 0.2) is 109 Å². The van der Waals surface area contributed by atoms with Crippen molar-refractivity contribution in [1.29, 1.82) is 0 Å². The minimum Gasteiger partial charge on any atom is -0.399 e. The summed E-state index contributed by atoms with van der Waals surface area (Å²) in [5.74, 6) is 0. The first kappa shape index (κ1) is 22.8. The molecule has 36 heavy (non-hydrogen) atoms. The zero-order valence-corrected chi connectivity index (χ0v) is 19.5. The van der Waals surface area contributed by atoms with Gasteiger partial charge in [-0.1, -0.05) is 72.8 Å². The molecule has 4 nitrogen and oxygen atoms in total. The van der Waals surface area contributed by atoms with Gasteiger partial charge in [-0.05, 0) is 80.9 Å². The molecule has 0 aliphatic rings. The van der Waals surface area contributed by atoms with Crippen molar-refractivity contribution in [2.45, 2.75) is 0 Å². The van der Waals surface area contributed by atoms with Crippen LogP contribution in [0.1, 0.15) is 20.7 Å². The molecule has 5 rings (SSSR count). The van der Waals surface area contributed by atoms with Gasteiger partial charge < -0.3 is 11.5 Å². The molecule has 0 saturated carbocycles. The van der Waals surface area contributed by atoms with Gasteiger partial charge in [0, 0.05) is 22.5 Å². The lowest BCUT2D eigenvalue weighted by Crippen LogP contribution is -1.94.